The zero-order chi connectivity index (χ0) is 19.6. The molecule has 144 valence electrons. The van der Waals surface area contributed by atoms with Crippen molar-refractivity contribution in [2.75, 3.05) is 31.3 Å². The Morgan fingerprint density at radius 2 is 2.04 bits per heavy atom. The molecule has 0 saturated heterocycles. The molecule has 0 fully saturated rings. The van der Waals surface area contributed by atoms with Gasteiger partial charge in [0.1, 0.15) is 0 Å². The Kier molecular flexibility index (Phi) is 8.36. The number of aromatic nitrogens is 3. The number of aryl methyl sites for hydroxylation is 2. The molecule has 2 N–H and O–H groups in total. The van der Waals surface area contributed by atoms with Crippen molar-refractivity contribution in [1.29, 1.82) is 0 Å². The first kappa shape index (κ1) is 21.0. The number of allylic oxidation sites excluding steroid dienone is 4. The van der Waals surface area contributed by atoms with Crippen molar-refractivity contribution in [2.45, 2.75) is 12.1 Å². The second kappa shape index (κ2) is 10.7. The number of hydrogen-bond acceptors (Lipinski definition) is 3. The summed E-state index contributed by atoms with van der Waals surface area (Å²) in [5.74, 6) is 1.01. The maximum atomic E-state index is 4.26. The number of nitrogens with two attached hydrogens (primary N) is 1. The Bertz CT molecular complexity index is 783. The van der Waals surface area contributed by atoms with Crippen LogP contribution in [0.4, 0.5) is 5.69 Å². The number of thioether (sulfide) groups is 1. The van der Waals surface area contributed by atoms with Crippen LogP contribution in [0.1, 0.15) is 12.5 Å². The lowest BCUT2D eigenvalue weighted by atomic mass is 10.1. The fraction of sp³-hybridized carbons (Fsp3) is 0.333. The van der Waals surface area contributed by atoms with Gasteiger partial charge in [-0.1, -0.05) is 42.1 Å². The van der Waals surface area contributed by atoms with Gasteiger partial charge in [0.15, 0.2) is 0 Å². The fourth-order valence-electron chi connectivity index (χ4n) is 2.57. The molecule has 0 aliphatic carbocycles. The largest absolute Gasteiger partial charge is 0.374 e. The van der Waals surface area contributed by atoms with Gasteiger partial charge in [-0.2, -0.15) is 0 Å². The van der Waals surface area contributed by atoms with E-state index in [-0.39, 0.29) is 0 Å². The van der Waals surface area contributed by atoms with Crippen molar-refractivity contribution in [2.24, 2.45) is 14.1 Å². The lowest BCUT2D eigenvalue weighted by Gasteiger charge is -2.18. The highest BCUT2D eigenvalue weighted by atomic mass is 32.2. The summed E-state index contributed by atoms with van der Waals surface area (Å²) in [7, 11) is 8.17. The summed E-state index contributed by atoms with van der Waals surface area (Å²) in [6, 6.07) is 8.69. The number of anilines is 1. The summed E-state index contributed by atoms with van der Waals surface area (Å²) in [6.07, 6.45) is 12.4. The third-order valence-corrected chi connectivity index (χ3v) is 5.45. The van der Waals surface area contributed by atoms with Crippen LogP contribution in [-0.2, 0) is 14.1 Å². The van der Waals surface area contributed by atoms with Crippen LogP contribution in [-0.4, -0.2) is 36.2 Å². The summed E-state index contributed by atoms with van der Waals surface area (Å²) < 4.78 is 3.97. The van der Waals surface area contributed by atoms with Gasteiger partial charge < -0.3 is 10.2 Å². The molecule has 5 nitrogen and oxygen atoms in total. The lowest BCUT2D eigenvalue weighted by Crippen LogP contribution is -2.72. The van der Waals surface area contributed by atoms with E-state index >= 15 is 0 Å². The average molecular weight is 386 g/mol. The standard InChI is InChI=1S/C21H30N5S/c1-6-18(13-14-22-2)7-8-19-9-11-20(12-10-19)24(3)15-16-27-21-25(4)17-23-26(21)5/h6-14,17,22H,15-16H2,1-5H3/q+1/p+1/b8-7+,14-13-,18-6-. The predicted octanol–water partition coefficient (Wildman–Crippen LogP) is 2.14. The highest BCUT2D eigenvalue weighted by Gasteiger charge is 2.13. The van der Waals surface area contributed by atoms with E-state index in [1.54, 1.807) is 0 Å². The third-order valence-electron chi connectivity index (χ3n) is 4.25. The Labute approximate surface area is 167 Å². The van der Waals surface area contributed by atoms with Gasteiger partial charge >= 0.3 is 0 Å². The average Bonchev–Trinajstić information content (AvgIpc) is 3.00. The van der Waals surface area contributed by atoms with Gasteiger partial charge in [0, 0.05) is 30.1 Å². The molecule has 0 spiro atoms. The van der Waals surface area contributed by atoms with Crippen molar-refractivity contribution in [1.82, 2.24) is 9.78 Å². The molecular weight excluding hydrogens is 354 g/mol. The van der Waals surface area contributed by atoms with Crippen molar-refractivity contribution < 1.29 is 9.88 Å². The van der Waals surface area contributed by atoms with Crippen LogP contribution in [0.3, 0.4) is 0 Å². The SMILES string of the molecule is C/C=C(\C=C/[NH2+]C)/C=C/c1ccc(N(C)CCSc2n(C)nc[n+]2C)cc1. The maximum Gasteiger partial charge on any atom is 0.295 e. The van der Waals surface area contributed by atoms with Gasteiger partial charge in [-0.3, -0.25) is 0 Å². The van der Waals surface area contributed by atoms with Crippen LogP contribution >= 0.6 is 11.8 Å². The second-order valence-electron chi connectivity index (χ2n) is 6.32. The molecule has 0 atom stereocenters. The number of hydrogen-bond donors (Lipinski definition) is 1. The molecule has 0 bridgehead atoms. The van der Waals surface area contributed by atoms with E-state index in [1.165, 1.54) is 22.0 Å². The van der Waals surface area contributed by atoms with Crippen LogP contribution in [0, 0.1) is 0 Å². The normalized spacial score (nSPS) is 12.4. The van der Waals surface area contributed by atoms with Gasteiger partial charge in [0.2, 0.25) is 0 Å². The first-order valence-corrected chi connectivity index (χ1v) is 10.2. The summed E-state index contributed by atoms with van der Waals surface area (Å²) in [6.45, 7) is 3.04. The van der Waals surface area contributed by atoms with E-state index in [2.05, 4.69) is 83.3 Å². The number of rotatable bonds is 9. The van der Waals surface area contributed by atoms with Crippen LogP contribution < -0.4 is 14.8 Å². The van der Waals surface area contributed by atoms with Crippen molar-refractivity contribution in [3.8, 4) is 0 Å². The first-order valence-electron chi connectivity index (χ1n) is 9.17. The van der Waals surface area contributed by atoms with Gasteiger partial charge in [-0.25, -0.2) is 4.57 Å². The summed E-state index contributed by atoms with van der Waals surface area (Å²) in [5.41, 5.74) is 3.64. The minimum atomic E-state index is 0.978. The summed E-state index contributed by atoms with van der Waals surface area (Å²) in [4.78, 5) is 2.29. The van der Waals surface area contributed by atoms with Crippen molar-refractivity contribution >= 4 is 23.5 Å². The second-order valence-corrected chi connectivity index (χ2v) is 7.39. The Morgan fingerprint density at radius 3 is 2.63 bits per heavy atom. The Balaban J connectivity index is 1.89. The number of quaternary nitrogens is 1. The molecule has 6 heteroatoms. The summed E-state index contributed by atoms with van der Waals surface area (Å²) in [5, 5.41) is 7.46. The maximum absolute atomic E-state index is 4.26. The van der Waals surface area contributed by atoms with Crippen molar-refractivity contribution in [3.63, 3.8) is 0 Å². The topological polar surface area (TPSA) is 41.6 Å². The number of benzene rings is 1. The molecule has 0 amide bonds. The van der Waals surface area contributed by atoms with Crippen LogP contribution in [0.5, 0.6) is 0 Å². The molecule has 1 aromatic heterocycles. The Morgan fingerprint density at radius 1 is 1.30 bits per heavy atom. The molecule has 0 aliphatic rings. The van der Waals surface area contributed by atoms with E-state index in [0.717, 1.165) is 12.3 Å². The molecule has 0 unspecified atom stereocenters. The summed E-state index contributed by atoms with van der Waals surface area (Å²) >= 11 is 1.82. The predicted molar refractivity (Wildman–Crippen MR) is 115 cm³/mol. The zero-order valence-corrected chi connectivity index (χ0v) is 17.8. The fourth-order valence-corrected chi connectivity index (χ4v) is 3.60. The Hall–Kier alpha value is -2.31. The van der Waals surface area contributed by atoms with Gasteiger partial charge in [0.25, 0.3) is 11.5 Å². The van der Waals surface area contributed by atoms with Crippen LogP contribution in [0.2, 0.25) is 0 Å². The molecule has 2 aromatic rings. The van der Waals surface area contributed by atoms with Crippen LogP contribution in [0.25, 0.3) is 6.08 Å². The molecule has 0 aliphatic heterocycles. The quantitative estimate of drug-likeness (QED) is 0.408. The smallest absolute Gasteiger partial charge is 0.295 e. The van der Waals surface area contributed by atoms with Gasteiger partial charge in [-0.15, -0.1) is 4.68 Å². The van der Waals surface area contributed by atoms with E-state index < -0.39 is 0 Å². The molecule has 0 radical (unpaired) electrons. The van der Waals surface area contributed by atoms with Crippen molar-refractivity contribution in [3.05, 3.63) is 66.2 Å². The first-order chi connectivity index (χ1) is 13.0. The number of nitrogens with zero attached hydrogens (tertiary/aromatic N) is 4. The van der Waals surface area contributed by atoms with E-state index in [4.69, 9.17) is 0 Å². The minimum absolute atomic E-state index is 0.978. The molecule has 0 saturated carbocycles. The zero-order valence-electron chi connectivity index (χ0n) is 17.0. The molecule has 27 heavy (non-hydrogen) atoms. The van der Waals surface area contributed by atoms with E-state index in [9.17, 15) is 0 Å². The molecular formula is C21H31N5S+2. The molecule has 2 rings (SSSR count). The molecule has 1 heterocycles. The van der Waals surface area contributed by atoms with E-state index in [0.29, 0.717) is 0 Å². The van der Waals surface area contributed by atoms with Gasteiger partial charge in [0.05, 0.1) is 27.3 Å². The highest BCUT2D eigenvalue weighted by molar-refractivity contribution is 7.99. The van der Waals surface area contributed by atoms with Crippen LogP contribution in [0.15, 0.2) is 65.8 Å². The lowest BCUT2D eigenvalue weighted by molar-refractivity contribution is -0.710. The monoisotopic (exact) mass is 385 g/mol. The molecule has 1 aromatic carbocycles. The third kappa shape index (κ3) is 6.41. The van der Waals surface area contributed by atoms with E-state index in [1.807, 2.05) is 49.2 Å². The minimum Gasteiger partial charge on any atom is -0.374 e. The highest BCUT2D eigenvalue weighted by Crippen LogP contribution is 2.17. The van der Waals surface area contributed by atoms with Gasteiger partial charge in [-0.05, 0) is 36.3 Å².